The molecule has 2 N–H and O–H groups in total. The van der Waals surface area contributed by atoms with Crippen LogP contribution in [0.15, 0.2) is 113 Å². The Morgan fingerprint density at radius 1 is 0.907 bits per heavy atom. The van der Waals surface area contributed by atoms with Gasteiger partial charge in [0.15, 0.2) is 11.0 Å². The molecule has 220 valence electrons. The second kappa shape index (κ2) is 13.6. The quantitative estimate of drug-likeness (QED) is 0.156. The number of nitrogens with one attached hydrogen (secondary N) is 2. The van der Waals surface area contributed by atoms with E-state index in [2.05, 4.69) is 20.2 Å². The van der Waals surface area contributed by atoms with Crippen molar-refractivity contribution in [2.24, 2.45) is 0 Å². The molecule has 1 aromatic heterocycles. The summed E-state index contributed by atoms with van der Waals surface area (Å²) in [4.78, 5) is 11.5. The second-order valence-electron chi connectivity index (χ2n) is 9.95. The highest BCUT2D eigenvalue weighted by Gasteiger charge is 2.29. The van der Waals surface area contributed by atoms with Crippen LogP contribution in [0.2, 0.25) is 5.02 Å². The van der Waals surface area contributed by atoms with Gasteiger partial charge in [0, 0.05) is 23.4 Å². The van der Waals surface area contributed by atoms with Gasteiger partial charge in [-0.3, -0.25) is 9.36 Å². The number of aromatic nitrogens is 3. The number of aryl methyl sites for hydroxylation is 1. The fourth-order valence-electron chi connectivity index (χ4n) is 4.58. The SMILES string of the molecule is CC(=O)Nc1ccc(S(=O)(=O)NC(Cc2ccccc2)c2nnc(SCc3ccccc3)n2-c2cc(Cl)ccc2C)cc1. The Hall–Kier alpha value is -3.96. The summed E-state index contributed by atoms with van der Waals surface area (Å²) < 4.78 is 32.3. The van der Waals surface area contributed by atoms with Gasteiger partial charge >= 0.3 is 0 Å². The Kier molecular flexibility index (Phi) is 9.62. The molecule has 0 fully saturated rings. The predicted octanol–water partition coefficient (Wildman–Crippen LogP) is 6.74. The highest BCUT2D eigenvalue weighted by atomic mass is 35.5. The summed E-state index contributed by atoms with van der Waals surface area (Å²) >= 11 is 7.96. The normalized spacial score (nSPS) is 12.2. The molecule has 0 saturated carbocycles. The first kappa shape index (κ1) is 30.5. The molecule has 5 rings (SSSR count). The average Bonchev–Trinajstić information content (AvgIpc) is 3.41. The van der Waals surface area contributed by atoms with Crippen LogP contribution in [0.3, 0.4) is 0 Å². The van der Waals surface area contributed by atoms with Crippen molar-refractivity contribution in [1.29, 1.82) is 0 Å². The minimum absolute atomic E-state index is 0.0586. The summed E-state index contributed by atoms with van der Waals surface area (Å²) in [6.07, 6.45) is 0.325. The Labute approximate surface area is 260 Å². The van der Waals surface area contributed by atoms with E-state index < -0.39 is 16.1 Å². The third-order valence-electron chi connectivity index (χ3n) is 6.66. The van der Waals surface area contributed by atoms with Crippen molar-refractivity contribution in [1.82, 2.24) is 19.5 Å². The van der Waals surface area contributed by atoms with E-state index in [0.29, 0.717) is 33.9 Å². The smallest absolute Gasteiger partial charge is 0.241 e. The Balaban J connectivity index is 1.57. The average molecular weight is 632 g/mol. The Morgan fingerprint density at radius 3 is 2.21 bits per heavy atom. The van der Waals surface area contributed by atoms with Gasteiger partial charge in [-0.15, -0.1) is 10.2 Å². The maximum atomic E-state index is 13.7. The molecule has 1 atom stereocenters. The number of anilines is 1. The van der Waals surface area contributed by atoms with Gasteiger partial charge in [0.25, 0.3) is 0 Å². The van der Waals surface area contributed by atoms with Crippen molar-refractivity contribution in [2.75, 3.05) is 5.32 Å². The highest BCUT2D eigenvalue weighted by Crippen LogP contribution is 2.32. The van der Waals surface area contributed by atoms with Crippen LogP contribution in [0, 0.1) is 6.92 Å². The van der Waals surface area contributed by atoms with E-state index in [1.54, 1.807) is 12.1 Å². The number of benzene rings is 4. The fourth-order valence-corrected chi connectivity index (χ4v) is 6.85. The lowest BCUT2D eigenvalue weighted by Crippen LogP contribution is -2.32. The largest absolute Gasteiger partial charge is 0.326 e. The topological polar surface area (TPSA) is 106 Å². The minimum Gasteiger partial charge on any atom is -0.326 e. The molecule has 8 nitrogen and oxygen atoms in total. The molecule has 0 aliphatic carbocycles. The van der Waals surface area contributed by atoms with E-state index in [9.17, 15) is 13.2 Å². The molecule has 0 bridgehead atoms. The predicted molar refractivity (Wildman–Crippen MR) is 171 cm³/mol. The maximum absolute atomic E-state index is 13.7. The molecule has 11 heteroatoms. The third kappa shape index (κ3) is 7.71. The van der Waals surface area contributed by atoms with Crippen molar-refractivity contribution in [3.05, 3.63) is 131 Å². The Bertz CT molecular complexity index is 1810. The van der Waals surface area contributed by atoms with Crippen LogP contribution in [0.1, 0.15) is 35.5 Å². The van der Waals surface area contributed by atoms with Crippen molar-refractivity contribution < 1.29 is 13.2 Å². The van der Waals surface area contributed by atoms with Gasteiger partial charge in [0.05, 0.1) is 16.6 Å². The highest BCUT2D eigenvalue weighted by molar-refractivity contribution is 7.98. The van der Waals surface area contributed by atoms with E-state index in [1.807, 2.05) is 90.4 Å². The zero-order valence-corrected chi connectivity index (χ0v) is 26.0. The number of hydrogen-bond acceptors (Lipinski definition) is 6. The van der Waals surface area contributed by atoms with E-state index in [0.717, 1.165) is 22.4 Å². The number of carbonyl (C=O) groups is 1. The molecule has 4 aromatic carbocycles. The number of thioether (sulfide) groups is 1. The lowest BCUT2D eigenvalue weighted by Gasteiger charge is -2.21. The summed E-state index contributed by atoms with van der Waals surface area (Å²) in [5.41, 5.74) is 4.24. The molecule has 0 aliphatic rings. The Morgan fingerprint density at radius 2 is 1.56 bits per heavy atom. The standard InChI is InChI=1S/C32H30ClN5O3S2/c1-22-13-14-26(33)20-30(22)38-31(35-36-32(38)42-21-25-11-7-4-8-12-25)29(19-24-9-5-3-6-10-24)37-43(40,41)28-17-15-27(16-18-28)34-23(2)39/h3-18,20,29,37H,19,21H2,1-2H3,(H,34,39). The fraction of sp³-hybridized carbons (Fsp3) is 0.156. The van der Waals surface area contributed by atoms with Gasteiger partial charge in [0.2, 0.25) is 15.9 Å². The molecule has 1 heterocycles. The van der Waals surface area contributed by atoms with Gasteiger partial charge < -0.3 is 5.32 Å². The first-order chi connectivity index (χ1) is 20.7. The van der Waals surface area contributed by atoms with Crippen LogP contribution in [0.4, 0.5) is 5.69 Å². The second-order valence-corrected chi connectivity index (χ2v) is 13.0. The van der Waals surface area contributed by atoms with Crippen molar-refractivity contribution in [2.45, 2.75) is 42.1 Å². The molecule has 0 aliphatic heterocycles. The third-order valence-corrected chi connectivity index (χ3v) is 9.38. The summed E-state index contributed by atoms with van der Waals surface area (Å²) in [5, 5.41) is 12.9. The molecule has 0 radical (unpaired) electrons. The number of halogens is 1. The van der Waals surface area contributed by atoms with E-state index in [-0.39, 0.29) is 10.8 Å². The van der Waals surface area contributed by atoms with Crippen LogP contribution in [0.25, 0.3) is 5.69 Å². The number of carbonyl (C=O) groups excluding carboxylic acids is 1. The molecular formula is C32H30ClN5O3S2. The van der Waals surface area contributed by atoms with Gasteiger partial charge in [0.1, 0.15) is 0 Å². The maximum Gasteiger partial charge on any atom is 0.241 e. The molecule has 43 heavy (non-hydrogen) atoms. The summed E-state index contributed by atoms with van der Waals surface area (Å²) in [6.45, 7) is 3.36. The van der Waals surface area contributed by atoms with E-state index in [4.69, 9.17) is 11.6 Å². The summed E-state index contributed by atoms with van der Waals surface area (Å²) in [6, 6.07) is 30.5. The number of nitrogens with zero attached hydrogens (tertiary/aromatic N) is 3. The van der Waals surface area contributed by atoms with Crippen molar-refractivity contribution >= 4 is 45.0 Å². The van der Waals surface area contributed by atoms with Crippen LogP contribution in [-0.4, -0.2) is 29.1 Å². The number of hydrogen-bond donors (Lipinski definition) is 2. The van der Waals surface area contributed by atoms with E-state index in [1.165, 1.54) is 30.8 Å². The van der Waals surface area contributed by atoms with Gasteiger partial charge in [-0.25, -0.2) is 13.1 Å². The molecule has 1 amide bonds. The van der Waals surface area contributed by atoms with Gasteiger partial charge in [-0.2, -0.15) is 0 Å². The van der Waals surface area contributed by atoms with Crippen LogP contribution >= 0.6 is 23.4 Å². The summed E-state index contributed by atoms with van der Waals surface area (Å²) in [5.74, 6) is 0.838. The molecule has 0 saturated heterocycles. The zero-order valence-electron chi connectivity index (χ0n) is 23.6. The van der Waals surface area contributed by atoms with Crippen LogP contribution in [-0.2, 0) is 27.0 Å². The van der Waals surface area contributed by atoms with E-state index >= 15 is 0 Å². The van der Waals surface area contributed by atoms with Crippen LogP contribution < -0.4 is 10.0 Å². The molecule has 5 aromatic rings. The molecular weight excluding hydrogens is 602 g/mol. The van der Waals surface area contributed by atoms with Crippen LogP contribution in [0.5, 0.6) is 0 Å². The lowest BCUT2D eigenvalue weighted by molar-refractivity contribution is -0.114. The van der Waals surface area contributed by atoms with Crippen molar-refractivity contribution in [3.8, 4) is 5.69 Å². The lowest BCUT2D eigenvalue weighted by atomic mass is 10.1. The molecule has 1 unspecified atom stereocenters. The number of rotatable bonds is 11. The minimum atomic E-state index is -4.01. The first-order valence-electron chi connectivity index (χ1n) is 13.5. The number of sulfonamides is 1. The van der Waals surface area contributed by atoms with Gasteiger partial charge in [-0.05, 0) is 66.4 Å². The summed E-state index contributed by atoms with van der Waals surface area (Å²) in [7, 11) is -4.01. The van der Waals surface area contributed by atoms with Crippen molar-refractivity contribution in [3.63, 3.8) is 0 Å². The monoisotopic (exact) mass is 631 g/mol. The van der Waals surface area contributed by atoms with Gasteiger partial charge in [-0.1, -0.05) is 90.1 Å². The molecule has 0 spiro atoms. The first-order valence-corrected chi connectivity index (χ1v) is 16.4. The number of amides is 1. The zero-order chi connectivity index (χ0) is 30.4.